The molecule has 3 aliphatic rings. The van der Waals surface area contributed by atoms with E-state index in [0.717, 1.165) is 25.3 Å². The number of rotatable bonds is 4. The predicted molar refractivity (Wildman–Crippen MR) is 77.3 cm³/mol. The Balaban J connectivity index is 1.32. The van der Waals surface area contributed by atoms with Crippen molar-refractivity contribution in [2.75, 3.05) is 13.1 Å². The van der Waals surface area contributed by atoms with Crippen LogP contribution in [0.25, 0.3) is 0 Å². The van der Waals surface area contributed by atoms with E-state index in [4.69, 9.17) is 5.10 Å². The number of hydrogen-bond donors (Lipinski definition) is 1. The summed E-state index contributed by atoms with van der Waals surface area (Å²) in [5, 5.41) is 15.1. The molecule has 1 aliphatic heterocycles. The Kier molecular flexibility index (Phi) is 3.11. The third-order valence-electron chi connectivity index (χ3n) is 5.33. The van der Waals surface area contributed by atoms with E-state index in [1.54, 1.807) is 0 Å². The normalized spacial score (nSPS) is 27.4. The number of aromatic nitrogens is 2. The van der Waals surface area contributed by atoms with E-state index in [2.05, 4.69) is 21.8 Å². The zero-order valence-corrected chi connectivity index (χ0v) is 12.2. The molecule has 0 radical (unpaired) electrons. The summed E-state index contributed by atoms with van der Waals surface area (Å²) >= 11 is 0. The Labute approximate surface area is 120 Å². The molecule has 4 nitrogen and oxygen atoms in total. The zero-order valence-electron chi connectivity index (χ0n) is 12.2. The second-order valence-corrected chi connectivity index (χ2v) is 7.10. The van der Waals surface area contributed by atoms with Crippen LogP contribution >= 0.6 is 0 Å². The molecule has 3 fully saturated rings. The number of aliphatic hydroxyl groups is 1. The topological polar surface area (TPSA) is 41.3 Å². The summed E-state index contributed by atoms with van der Waals surface area (Å²) in [6.07, 6.45) is 11.2. The fourth-order valence-electron chi connectivity index (χ4n) is 3.96. The molecule has 20 heavy (non-hydrogen) atoms. The van der Waals surface area contributed by atoms with Gasteiger partial charge in [-0.15, -0.1) is 0 Å². The van der Waals surface area contributed by atoms with Crippen molar-refractivity contribution in [3.63, 3.8) is 0 Å². The fourth-order valence-corrected chi connectivity index (χ4v) is 3.96. The van der Waals surface area contributed by atoms with Gasteiger partial charge in [0, 0.05) is 25.8 Å². The van der Waals surface area contributed by atoms with Gasteiger partial charge < -0.3 is 5.11 Å². The maximum absolute atomic E-state index is 10.3. The third kappa shape index (κ3) is 2.40. The molecule has 1 saturated heterocycles. The summed E-state index contributed by atoms with van der Waals surface area (Å²) in [6, 6.07) is 2.78. The molecule has 0 aromatic carbocycles. The van der Waals surface area contributed by atoms with Crippen molar-refractivity contribution < 1.29 is 5.11 Å². The molecule has 0 spiro atoms. The largest absolute Gasteiger partial charge is 0.387 e. The van der Waals surface area contributed by atoms with Gasteiger partial charge in [0.1, 0.15) is 0 Å². The van der Waals surface area contributed by atoms with Gasteiger partial charge in [-0.2, -0.15) is 5.10 Å². The summed E-state index contributed by atoms with van der Waals surface area (Å²) in [4.78, 5) is 2.33. The van der Waals surface area contributed by atoms with Crippen molar-refractivity contribution in [3.05, 3.63) is 18.0 Å². The highest BCUT2D eigenvalue weighted by Crippen LogP contribution is 2.44. The molecule has 4 heteroatoms. The summed E-state index contributed by atoms with van der Waals surface area (Å²) in [7, 11) is 0. The molecule has 0 amide bonds. The van der Waals surface area contributed by atoms with Crippen molar-refractivity contribution >= 4 is 0 Å². The minimum absolute atomic E-state index is 0.369. The van der Waals surface area contributed by atoms with E-state index in [9.17, 15) is 5.11 Å². The first-order valence-electron chi connectivity index (χ1n) is 8.22. The van der Waals surface area contributed by atoms with Crippen LogP contribution in [0.15, 0.2) is 12.3 Å². The lowest BCUT2D eigenvalue weighted by Gasteiger charge is -2.46. The monoisotopic (exact) mass is 275 g/mol. The van der Waals surface area contributed by atoms with Crippen LogP contribution < -0.4 is 0 Å². The second kappa shape index (κ2) is 4.85. The van der Waals surface area contributed by atoms with Gasteiger partial charge in [-0.3, -0.25) is 9.58 Å². The first-order valence-corrected chi connectivity index (χ1v) is 8.22. The fraction of sp³-hybridized carbons (Fsp3) is 0.812. The molecular formula is C16H25N3O. The number of nitrogens with zero attached hydrogens (tertiary/aromatic N) is 3. The molecule has 1 N–H and O–H groups in total. The molecule has 2 saturated carbocycles. The van der Waals surface area contributed by atoms with Crippen LogP contribution in [0.3, 0.4) is 0 Å². The maximum atomic E-state index is 10.3. The highest BCUT2D eigenvalue weighted by atomic mass is 16.3. The second-order valence-electron chi connectivity index (χ2n) is 7.10. The maximum Gasteiger partial charge on any atom is 0.0928 e. The van der Waals surface area contributed by atoms with Gasteiger partial charge in [-0.1, -0.05) is 19.3 Å². The lowest BCUT2D eigenvalue weighted by atomic mass is 9.89. The number of likely N-dealkylation sites (tertiary alicyclic amines) is 1. The quantitative estimate of drug-likeness (QED) is 0.917. The number of hydrogen-bond acceptors (Lipinski definition) is 3. The lowest BCUT2D eigenvalue weighted by Crippen LogP contribution is -2.62. The first-order chi connectivity index (χ1) is 9.73. The first kappa shape index (κ1) is 12.8. The summed E-state index contributed by atoms with van der Waals surface area (Å²) in [5.74, 6) is 0.582. The van der Waals surface area contributed by atoms with Gasteiger partial charge in [-0.25, -0.2) is 0 Å². The van der Waals surface area contributed by atoms with Crippen molar-refractivity contribution in [3.8, 4) is 0 Å². The highest BCUT2D eigenvalue weighted by molar-refractivity contribution is 5.08. The average molecular weight is 275 g/mol. The molecule has 1 aromatic rings. The van der Waals surface area contributed by atoms with Crippen LogP contribution in [0, 0.1) is 5.92 Å². The van der Waals surface area contributed by atoms with E-state index in [1.807, 2.05) is 0 Å². The van der Waals surface area contributed by atoms with E-state index in [-0.39, 0.29) is 5.60 Å². The Bertz CT molecular complexity index is 468. The van der Waals surface area contributed by atoms with Gasteiger partial charge in [0.05, 0.1) is 17.3 Å². The van der Waals surface area contributed by atoms with Gasteiger partial charge in [0.15, 0.2) is 0 Å². The molecule has 110 valence electrons. The summed E-state index contributed by atoms with van der Waals surface area (Å²) in [6.45, 7) is 2.58. The van der Waals surface area contributed by atoms with Crippen molar-refractivity contribution in [2.45, 2.75) is 63.1 Å². The van der Waals surface area contributed by atoms with Gasteiger partial charge in [0.2, 0.25) is 0 Å². The third-order valence-corrected chi connectivity index (χ3v) is 5.33. The number of β-amino-alcohol motifs (C(OH)–C–C–N with tert-alkyl or cyclic N) is 1. The summed E-state index contributed by atoms with van der Waals surface area (Å²) in [5.41, 5.74) is 0.791. The van der Waals surface area contributed by atoms with Crippen LogP contribution in [0.1, 0.15) is 56.7 Å². The van der Waals surface area contributed by atoms with Crippen LogP contribution in [-0.4, -0.2) is 38.5 Å². The predicted octanol–water partition coefficient (Wildman–Crippen LogP) is 2.35. The lowest BCUT2D eigenvalue weighted by molar-refractivity contribution is -0.117. The molecule has 2 heterocycles. The van der Waals surface area contributed by atoms with Crippen molar-refractivity contribution in [1.29, 1.82) is 0 Å². The summed E-state index contributed by atoms with van der Waals surface area (Å²) < 4.78 is 2.18. The van der Waals surface area contributed by atoms with Crippen LogP contribution in [0.2, 0.25) is 0 Å². The minimum atomic E-state index is -0.369. The molecule has 2 aliphatic carbocycles. The van der Waals surface area contributed by atoms with Crippen LogP contribution in [0.4, 0.5) is 0 Å². The molecule has 0 atom stereocenters. The van der Waals surface area contributed by atoms with Crippen molar-refractivity contribution in [2.24, 2.45) is 5.92 Å². The Morgan fingerprint density at radius 1 is 1.15 bits per heavy atom. The van der Waals surface area contributed by atoms with Crippen LogP contribution in [0.5, 0.6) is 0 Å². The average Bonchev–Trinajstić information content (AvgIpc) is 3.19. The van der Waals surface area contributed by atoms with Gasteiger partial charge in [0.25, 0.3) is 0 Å². The van der Waals surface area contributed by atoms with Gasteiger partial charge >= 0.3 is 0 Å². The Morgan fingerprint density at radius 2 is 1.90 bits per heavy atom. The van der Waals surface area contributed by atoms with Crippen molar-refractivity contribution in [1.82, 2.24) is 14.7 Å². The van der Waals surface area contributed by atoms with E-state index in [0.29, 0.717) is 12.0 Å². The van der Waals surface area contributed by atoms with Crippen LogP contribution in [-0.2, 0) is 6.54 Å². The molecule has 0 unspecified atom stereocenters. The smallest absolute Gasteiger partial charge is 0.0928 e. The molecular weight excluding hydrogens is 250 g/mol. The zero-order chi connectivity index (χ0) is 13.6. The molecule has 4 rings (SSSR count). The minimum Gasteiger partial charge on any atom is -0.387 e. The van der Waals surface area contributed by atoms with E-state index in [1.165, 1.54) is 44.9 Å². The standard InChI is InChI=1S/C16H25N3O/c20-16(13-6-7-13)11-18(12-16)10-14-8-9-19(17-14)15-4-2-1-3-5-15/h8-9,13,15,20H,1-7,10-12H2. The molecule has 0 bridgehead atoms. The van der Waals surface area contributed by atoms with E-state index < -0.39 is 0 Å². The Hall–Kier alpha value is -0.870. The van der Waals surface area contributed by atoms with Gasteiger partial charge in [-0.05, 0) is 37.7 Å². The highest BCUT2D eigenvalue weighted by Gasteiger charge is 2.51. The SMILES string of the molecule is OC1(C2CC2)CN(Cc2ccn(C3CCCCC3)n2)C1. The van der Waals surface area contributed by atoms with E-state index >= 15 is 0 Å². The molecule has 1 aromatic heterocycles. The Morgan fingerprint density at radius 3 is 2.60 bits per heavy atom.